The van der Waals surface area contributed by atoms with Crippen molar-refractivity contribution in [3.05, 3.63) is 60.3 Å². The first kappa shape index (κ1) is 14.3. The molecule has 0 spiro atoms. The highest BCUT2D eigenvalue weighted by Crippen LogP contribution is 2.38. The number of ether oxygens (including phenoxy) is 1. The third kappa shape index (κ3) is 2.10. The summed E-state index contributed by atoms with van der Waals surface area (Å²) in [6.07, 6.45) is 1.46. The lowest BCUT2D eigenvalue weighted by Gasteiger charge is -2.09. The Labute approximate surface area is 137 Å². The molecule has 2 heterocycles. The number of aromatic nitrogens is 1. The average Bonchev–Trinajstić information content (AvgIpc) is 2.99. The van der Waals surface area contributed by atoms with Gasteiger partial charge in [0.1, 0.15) is 11.3 Å². The van der Waals surface area contributed by atoms with Crippen molar-refractivity contribution in [2.45, 2.75) is 0 Å². The Kier molecular flexibility index (Phi) is 3.20. The van der Waals surface area contributed by atoms with Crippen molar-refractivity contribution in [1.82, 2.24) is 4.98 Å². The molecule has 1 N–H and O–H groups in total. The van der Waals surface area contributed by atoms with Crippen LogP contribution in [-0.4, -0.2) is 23.2 Å². The van der Waals surface area contributed by atoms with Crippen LogP contribution in [0, 0.1) is 0 Å². The van der Waals surface area contributed by atoms with Gasteiger partial charge in [0.15, 0.2) is 0 Å². The van der Waals surface area contributed by atoms with Crippen LogP contribution >= 0.6 is 0 Å². The van der Waals surface area contributed by atoms with Gasteiger partial charge in [-0.2, -0.15) is 0 Å². The molecule has 0 bridgehead atoms. The molecule has 4 rings (SSSR count). The van der Waals surface area contributed by atoms with Crippen LogP contribution in [0.4, 0.5) is 0 Å². The van der Waals surface area contributed by atoms with Crippen molar-refractivity contribution >= 4 is 28.0 Å². The van der Waals surface area contributed by atoms with Gasteiger partial charge in [-0.25, -0.2) is 9.78 Å². The van der Waals surface area contributed by atoms with Crippen LogP contribution < -0.4 is 0 Å². The predicted octanol–water partition coefficient (Wildman–Crippen LogP) is 4.14. The molecule has 0 saturated heterocycles. The molecule has 5 heteroatoms. The molecular weight excluding hydrogens is 306 g/mol. The number of pyridine rings is 1. The zero-order valence-corrected chi connectivity index (χ0v) is 12.8. The van der Waals surface area contributed by atoms with Gasteiger partial charge in [-0.05, 0) is 23.8 Å². The van der Waals surface area contributed by atoms with Gasteiger partial charge in [-0.15, -0.1) is 0 Å². The quantitative estimate of drug-likeness (QED) is 0.562. The molecule has 5 nitrogen and oxygen atoms in total. The molecule has 2 aromatic carbocycles. The van der Waals surface area contributed by atoms with Gasteiger partial charge in [0.2, 0.25) is 5.71 Å². The van der Waals surface area contributed by atoms with Gasteiger partial charge in [-0.3, -0.25) is 0 Å². The summed E-state index contributed by atoms with van der Waals surface area (Å²) in [6.45, 7) is 0. The van der Waals surface area contributed by atoms with E-state index in [0.717, 1.165) is 5.56 Å². The van der Waals surface area contributed by atoms with E-state index in [4.69, 9.17) is 9.15 Å². The summed E-state index contributed by atoms with van der Waals surface area (Å²) in [5, 5.41) is 11.2. The number of hydrogen-bond donors (Lipinski definition) is 1. The number of phenolic OH excluding ortho intramolecular Hbond substituents is 1. The first-order valence-corrected chi connectivity index (χ1v) is 7.37. The van der Waals surface area contributed by atoms with E-state index in [1.54, 1.807) is 18.2 Å². The largest absolute Gasteiger partial charge is 0.508 e. The smallest absolute Gasteiger partial charge is 0.340 e. The summed E-state index contributed by atoms with van der Waals surface area (Å²) >= 11 is 0. The highest BCUT2D eigenvalue weighted by Gasteiger charge is 2.21. The van der Waals surface area contributed by atoms with Gasteiger partial charge in [0.05, 0.1) is 18.1 Å². The van der Waals surface area contributed by atoms with E-state index in [1.807, 2.05) is 30.3 Å². The molecular formula is C19H13NO4. The molecule has 0 aliphatic heterocycles. The number of methoxy groups -OCH3 is 1. The maximum Gasteiger partial charge on any atom is 0.340 e. The van der Waals surface area contributed by atoms with Crippen LogP contribution in [0.2, 0.25) is 0 Å². The topological polar surface area (TPSA) is 72.6 Å². The number of carbonyl (C=O) groups is 1. The number of esters is 1. The molecule has 0 saturated carbocycles. The van der Waals surface area contributed by atoms with E-state index >= 15 is 0 Å². The number of hydrogen-bond acceptors (Lipinski definition) is 5. The first-order chi connectivity index (χ1) is 11.7. The van der Waals surface area contributed by atoms with Crippen molar-refractivity contribution in [2.75, 3.05) is 7.11 Å². The molecule has 0 radical (unpaired) electrons. The molecule has 0 aliphatic rings. The highest BCUT2D eigenvalue weighted by molar-refractivity contribution is 6.16. The number of fused-ring (bicyclic) bond motifs is 3. The van der Waals surface area contributed by atoms with E-state index in [2.05, 4.69) is 4.98 Å². The number of phenols is 1. The van der Waals surface area contributed by atoms with Gasteiger partial charge in [0, 0.05) is 17.1 Å². The minimum atomic E-state index is -0.474. The Morgan fingerprint density at radius 1 is 1.17 bits per heavy atom. The SMILES string of the molecule is COC(=O)c1cnc2oc3ccc(O)cc3c2c1-c1ccccc1. The number of benzene rings is 2. The summed E-state index contributed by atoms with van der Waals surface area (Å²) in [5.74, 6) is -0.356. The second kappa shape index (κ2) is 5.38. The van der Waals surface area contributed by atoms with E-state index in [0.29, 0.717) is 33.2 Å². The number of rotatable bonds is 2. The van der Waals surface area contributed by atoms with Crippen LogP contribution in [-0.2, 0) is 4.74 Å². The number of carbonyl (C=O) groups excluding carboxylic acids is 1. The Morgan fingerprint density at radius 3 is 2.71 bits per heavy atom. The monoisotopic (exact) mass is 319 g/mol. The normalized spacial score (nSPS) is 11.0. The van der Waals surface area contributed by atoms with Crippen molar-refractivity contribution < 1.29 is 19.1 Å². The fourth-order valence-corrected chi connectivity index (χ4v) is 2.90. The third-order valence-corrected chi connectivity index (χ3v) is 3.95. The fourth-order valence-electron chi connectivity index (χ4n) is 2.90. The van der Waals surface area contributed by atoms with Crippen LogP contribution in [0.15, 0.2) is 59.1 Å². The lowest BCUT2D eigenvalue weighted by atomic mass is 9.96. The fraction of sp³-hybridized carbons (Fsp3) is 0.0526. The van der Waals surface area contributed by atoms with Gasteiger partial charge in [-0.1, -0.05) is 30.3 Å². The Balaban J connectivity index is 2.19. The summed E-state index contributed by atoms with van der Waals surface area (Å²) < 4.78 is 10.7. The second-order valence-electron chi connectivity index (χ2n) is 5.37. The molecule has 118 valence electrons. The molecule has 0 amide bonds. The Bertz CT molecular complexity index is 1070. The van der Waals surface area contributed by atoms with E-state index in [9.17, 15) is 9.90 Å². The average molecular weight is 319 g/mol. The van der Waals surface area contributed by atoms with Crippen molar-refractivity contribution in [3.63, 3.8) is 0 Å². The summed E-state index contributed by atoms with van der Waals surface area (Å²) in [5.41, 5.74) is 2.87. The number of nitrogens with zero attached hydrogens (tertiary/aromatic N) is 1. The highest BCUT2D eigenvalue weighted by atomic mass is 16.5. The molecule has 0 fully saturated rings. The van der Waals surface area contributed by atoms with Crippen molar-refractivity contribution in [3.8, 4) is 16.9 Å². The minimum Gasteiger partial charge on any atom is -0.508 e. The van der Waals surface area contributed by atoms with Gasteiger partial charge >= 0.3 is 5.97 Å². The number of aromatic hydroxyl groups is 1. The van der Waals surface area contributed by atoms with Crippen LogP contribution in [0.1, 0.15) is 10.4 Å². The number of furan rings is 1. The summed E-state index contributed by atoms with van der Waals surface area (Å²) in [4.78, 5) is 16.5. The minimum absolute atomic E-state index is 0.118. The lowest BCUT2D eigenvalue weighted by Crippen LogP contribution is -2.04. The molecule has 0 aliphatic carbocycles. The zero-order chi connectivity index (χ0) is 16.7. The first-order valence-electron chi connectivity index (χ1n) is 7.37. The summed E-state index contributed by atoms with van der Waals surface area (Å²) in [7, 11) is 1.33. The maximum absolute atomic E-state index is 12.2. The van der Waals surface area contributed by atoms with Crippen LogP contribution in [0.5, 0.6) is 5.75 Å². The van der Waals surface area contributed by atoms with Crippen LogP contribution in [0.3, 0.4) is 0 Å². The van der Waals surface area contributed by atoms with Gasteiger partial charge < -0.3 is 14.3 Å². The molecule has 24 heavy (non-hydrogen) atoms. The molecule has 4 aromatic rings. The van der Waals surface area contributed by atoms with Crippen molar-refractivity contribution in [2.24, 2.45) is 0 Å². The second-order valence-corrected chi connectivity index (χ2v) is 5.37. The predicted molar refractivity (Wildman–Crippen MR) is 90.0 cm³/mol. The summed E-state index contributed by atoms with van der Waals surface area (Å²) in [6, 6.07) is 14.3. The maximum atomic E-state index is 12.2. The lowest BCUT2D eigenvalue weighted by molar-refractivity contribution is 0.0601. The van der Waals surface area contributed by atoms with E-state index < -0.39 is 5.97 Å². The molecule has 0 atom stereocenters. The van der Waals surface area contributed by atoms with E-state index in [-0.39, 0.29) is 5.75 Å². The third-order valence-electron chi connectivity index (χ3n) is 3.95. The van der Waals surface area contributed by atoms with E-state index in [1.165, 1.54) is 13.3 Å². The van der Waals surface area contributed by atoms with Crippen LogP contribution in [0.25, 0.3) is 33.2 Å². The Morgan fingerprint density at radius 2 is 1.96 bits per heavy atom. The molecule has 0 unspecified atom stereocenters. The zero-order valence-electron chi connectivity index (χ0n) is 12.8. The molecule has 2 aromatic heterocycles. The standard InChI is InChI=1S/C19H13NO4/c1-23-19(22)14-10-20-18-17(16(14)11-5-3-2-4-6-11)13-9-12(21)7-8-15(13)24-18/h2-10,21H,1H3. The Hall–Kier alpha value is -3.34. The van der Waals surface area contributed by atoms with Gasteiger partial charge in [0.25, 0.3) is 0 Å². The van der Waals surface area contributed by atoms with Crippen molar-refractivity contribution in [1.29, 1.82) is 0 Å².